The summed E-state index contributed by atoms with van der Waals surface area (Å²) in [5.74, 6) is -0.272. The molecule has 0 N–H and O–H groups in total. The number of thioether (sulfide) groups is 1. The van der Waals surface area contributed by atoms with E-state index in [1.54, 1.807) is 13.2 Å². The fourth-order valence-corrected chi connectivity index (χ4v) is 4.26. The molecule has 0 unspecified atom stereocenters. The van der Waals surface area contributed by atoms with Crippen molar-refractivity contribution in [2.75, 3.05) is 25.1 Å². The van der Waals surface area contributed by atoms with Crippen LogP contribution in [0.2, 0.25) is 5.02 Å². The monoisotopic (exact) mass is 448 g/mol. The number of ether oxygens (including phenoxy) is 1. The Morgan fingerprint density at radius 1 is 1.17 bits per heavy atom. The molecule has 1 heterocycles. The summed E-state index contributed by atoms with van der Waals surface area (Å²) in [7, 11) is 1.57. The Balaban J connectivity index is 1.86. The number of hydrogen-bond acceptors (Lipinski definition) is 5. The summed E-state index contributed by atoms with van der Waals surface area (Å²) in [6, 6.07) is 9.63. The third kappa shape index (κ3) is 4.63. The number of carbonyl (C=O) groups excluding carboxylic acids is 2. The van der Waals surface area contributed by atoms with E-state index >= 15 is 0 Å². The minimum absolute atomic E-state index is 0.0147. The molecule has 0 atom stereocenters. The van der Waals surface area contributed by atoms with E-state index in [9.17, 15) is 14.0 Å². The molecular weight excluding hydrogens is 427 g/mol. The van der Waals surface area contributed by atoms with Crippen molar-refractivity contribution >= 4 is 46.3 Å². The third-order valence-corrected chi connectivity index (χ3v) is 6.11. The highest BCUT2D eigenvalue weighted by Crippen LogP contribution is 2.36. The average Bonchev–Trinajstić information content (AvgIpc) is 2.99. The van der Waals surface area contributed by atoms with E-state index in [1.807, 2.05) is 18.2 Å². The lowest BCUT2D eigenvalue weighted by Crippen LogP contribution is -2.27. The van der Waals surface area contributed by atoms with Crippen molar-refractivity contribution in [1.29, 1.82) is 0 Å². The number of carbonyl (C=O) groups is 2. The molecule has 0 aromatic heterocycles. The summed E-state index contributed by atoms with van der Waals surface area (Å²) in [6.45, 7) is 5.87. The van der Waals surface area contributed by atoms with Gasteiger partial charge in [0.05, 0.1) is 18.6 Å². The van der Waals surface area contributed by atoms with Crippen molar-refractivity contribution in [3.05, 3.63) is 63.3 Å². The second kappa shape index (κ2) is 9.53. The minimum Gasteiger partial charge on any atom is -0.496 e. The van der Waals surface area contributed by atoms with Gasteiger partial charge < -0.3 is 9.64 Å². The van der Waals surface area contributed by atoms with Crippen LogP contribution < -0.4 is 9.64 Å². The largest absolute Gasteiger partial charge is 0.496 e. The molecular formula is C22H22ClFN2O3S. The van der Waals surface area contributed by atoms with E-state index in [2.05, 4.69) is 18.7 Å². The molecule has 0 spiro atoms. The van der Waals surface area contributed by atoms with Crippen molar-refractivity contribution in [3.63, 3.8) is 0 Å². The van der Waals surface area contributed by atoms with Crippen molar-refractivity contribution in [3.8, 4) is 5.75 Å². The van der Waals surface area contributed by atoms with Gasteiger partial charge in [0.25, 0.3) is 11.1 Å². The van der Waals surface area contributed by atoms with E-state index < -0.39 is 17.0 Å². The standard InChI is InChI=1S/C22H22ClFN2O3S/c1-4-25(5-2)17-9-7-14(19(12-17)29-3)10-20-21(27)26(22(28)30-20)13-15-6-8-16(24)11-18(15)23/h6-12H,4-5,13H2,1-3H3/b20-10-. The molecule has 0 aliphatic carbocycles. The Hall–Kier alpha value is -2.51. The summed E-state index contributed by atoms with van der Waals surface area (Å²) < 4.78 is 18.8. The molecule has 0 saturated carbocycles. The predicted molar refractivity (Wildman–Crippen MR) is 119 cm³/mol. The Kier molecular flexibility index (Phi) is 7.05. The second-order valence-corrected chi connectivity index (χ2v) is 8.00. The molecule has 0 radical (unpaired) electrons. The molecule has 1 aliphatic rings. The number of hydrogen-bond donors (Lipinski definition) is 0. The number of methoxy groups -OCH3 is 1. The zero-order valence-corrected chi connectivity index (χ0v) is 18.5. The molecule has 1 fully saturated rings. The number of anilines is 1. The van der Waals surface area contributed by atoms with Crippen LogP contribution in [-0.4, -0.2) is 36.2 Å². The van der Waals surface area contributed by atoms with Crippen LogP contribution in [0.25, 0.3) is 6.08 Å². The first-order valence-electron chi connectivity index (χ1n) is 9.50. The van der Waals surface area contributed by atoms with Gasteiger partial charge in [0.2, 0.25) is 0 Å². The SMILES string of the molecule is CCN(CC)c1ccc(/C=C2\SC(=O)N(Cc3ccc(F)cc3Cl)C2=O)c(OC)c1. The molecule has 158 valence electrons. The Labute approximate surface area is 184 Å². The van der Waals surface area contributed by atoms with E-state index in [0.29, 0.717) is 21.8 Å². The lowest BCUT2D eigenvalue weighted by atomic mass is 10.1. The molecule has 1 saturated heterocycles. The minimum atomic E-state index is -0.474. The fourth-order valence-electron chi connectivity index (χ4n) is 3.20. The molecule has 2 aromatic rings. The number of rotatable bonds is 7. The van der Waals surface area contributed by atoms with Crippen LogP contribution in [0.4, 0.5) is 14.9 Å². The van der Waals surface area contributed by atoms with Gasteiger partial charge >= 0.3 is 0 Å². The molecule has 0 bridgehead atoms. The maximum Gasteiger partial charge on any atom is 0.293 e. The van der Waals surface area contributed by atoms with Gasteiger partial charge in [-0.3, -0.25) is 14.5 Å². The van der Waals surface area contributed by atoms with Crippen molar-refractivity contribution in [2.24, 2.45) is 0 Å². The lowest BCUT2D eigenvalue weighted by Gasteiger charge is -2.22. The number of benzene rings is 2. The van der Waals surface area contributed by atoms with Gasteiger partial charge in [-0.2, -0.15) is 0 Å². The fraction of sp³-hybridized carbons (Fsp3) is 0.273. The molecule has 5 nitrogen and oxygen atoms in total. The van der Waals surface area contributed by atoms with Gasteiger partial charge in [-0.1, -0.05) is 17.7 Å². The smallest absolute Gasteiger partial charge is 0.293 e. The van der Waals surface area contributed by atoms with Crippen molar-refractivity contribution in [1.82, 2.24) is 4.90 Å². The number of halogens is 2. The highest BCUT2D eigenvalue weighted by molar-refractivity contribution is 8.18. The first-order valence-corrected chi connectivity index (χ1v) is 10.7. The van der Waals surface area contributed by atoms with Gasteiger partial charge in [-0.25, -0.2) is 4.39 Å². The van der Waals surface area contributed by atoms with Crippen LogP contribution in [-0.2, 0) is 11.3 Å². The van der Waals surface area contributed by atoms with Crippen molar-refractivity contribution < 1.29 is 18.7 Å². The molecule has 3 rings (SSSR count). The van der Waals surface area contributed by atoms with Gasteiger partial charge in [0.1, 0.15) is 11.6 Å². The van der Waals surface area contributed by atoms with E-state index in [-0.39, 0.29) is 11.6 Å². The lowest BCUT2D eigenvalue weighted by molar-refractivity contribution is -0.123. The zero-order valence-electron chi connectivity index (χ0n) is 16.9. The second-order valence-electron chi connectivity index (χ2n) is 6.60. The van der Waals surface area contributed by atoms with E-state index in [1.165, 1.54) is 12.1 Å². The summed E-state index contributed by atoms with van der Waals surface area (Å²) in [5, 5.41) is -0.225. The highest BCUT2D eigenvalue weighted by Gasteiger charge is 2.35. The summed E-state index contributed by atoms with van der Waals surface area (Å²) >= 11 is 6.90. The normalized spacial score (nSPS) is 15.2. The van der Waals surface area contributed by atoms with Crippen LogP contribution in [0.3, 0.4) is 0 Å². The summed E-state index contributed by atoms with van der Waals surface area (Å²) in [6.07, 6.45) is 1.65. The molecule has 8 heteroatoms. The Bertz CT molecular complexity index is 1010. The van der Waals surface area contributed by atoms with Crippen LogP contribution in [0.5, 0.6) is 5.75 Å². The number of imide groups is 1. The van der Waals surface area contributed by atoms with Crippen LogP contribution >= 0.6 is 23.4 Å². The molecule has 1 aliphatic heterocycles. The van der Waals surface area contributed by atoms with E-state index in [0.717, 1.165) is 41.5 Å². The van der Waals surface area contributed by atoms with Crippen LogP contribution in [0.15, 0.2) is 41.3 Å². The van der Waals surface area contributed by atoms with Gasteiger partial charge in [-0.05, 0) is 61.5 Å². The Morgan fingerprint density at radius 2 is 1.90 bits per heavy atom. The van der Waals surface area contributed by atoms with Crippen LogP contribution in [0.1, 0.15) is 25.0 Å². The quantitative estimate of drug-likeness (QED) is 0.518. The highest BCUT2D eigenvalue weighted by atomic mass is 35.5. The maximum absolute atomic E-state index is 13.3. The zero-order chi connectivity index (χ0) is 21.8. The number of amides is 2. The molecule has 2 amide bonds. The Morgan fingerprint density at radius 3 is 2.53 bits per heavy atom. The third-order valence-electron chi connectivity index (χ3n) is 4.85. The topological polar surface area (TPSA) is 49.9 Å². The van der Waals surface area contributed by atoms with E-state index in [4.69, 9.17) is 16.3 Å². The predicted octanol–water partition coefficient (Wildman–Crippen LogP) is 5.57. The first kappa shape index (κ1) is 22.2. The maximum atomic E-state index is 13.3. The molecule has 2 aromatic carbocycles. The van der Waals surface area contributed by atoms with Gasteiger partial charge in [0, 0.05) is 35.4 Å². The van der Waals surface area contributed by atoms with Crippen molar-refractivity contribution in [2.45, 2.75) is 20.4 Å². The summed E-state index contributed by atoms with van der Waals surface area (Å²) in [4.78, 5) is 28.8. The average molecular weight is 449 g/mol. The first-order chi connectivity index (χ1) is 14.4. The van der Waals surface area contributed by atoms with Gasteiger partial charge in [0.15, 0.2) is 0 Å². The summed E-state index contributed by atoms with van der Waals surface area (Å²) in [5.41, 5.74) is 2.23. The van der Waals surface area contributed by atoms with Gasteiger partial charge in [-0.15, -0.1) is 0 Å². The van der Waals surface area contributed by atoms with Crippen LogP contribution in [0, 0.1) is 5.82 Å². The number of nitrogens with zero attached hydrogens (tertiary/aromatic N) is 2. The molecule has 30 heavy (non-hydrogen) atoms.